The van der Waals surface area contributed by atoms with Crippen molar-refractivity contribution in [1.29, 1.82) is 0 Å². The van der Waals surface area contributed by atoms with Crippen molar-refractivity contribution < 1.29 is 18.1 Å². The van der Waals surface area contributed by atoms with Crippen molar-refractivity contribution in [1.82, 2.24) is 9.78 Å². The van der Waals surface area contributed by atoms with Crippen LogP contribution in [0.2, 0.25) is 0 Å². The van der Waals surface area contributed by atoms with Crippen molar-refractivity contribution in [3.63, 3.8) is 0 Å². The fraction of sp³-hybridized carbons (Fsp3) is 0.700. The van der Waals surface area contributed by atoms with Gasteiger partial charge in [0.25, 0.3) is 0 Å². The van der Waals surface area contributed by atoms with Gasteiger partial charge in [0, 0.05) is 19.3 Å². The lowest BCUT2D eigenvalue weighted by Gasteiger charge is -2.07. The zero-order valence-electron chi connectivity index (χ0n) is 11.0. The van der Waals surface area contributed by atoms with E-state index in [1.807, 2.05) is 6.92 Å². The molecule has 0 bridgehead atoms. The van der Waals surface area contributed by atoms with Crippen LogP contribution in [0.5, 0.6) is 0 Å². The maximum absolute atomic E-state index is 12.0. The van der Waals surface area contributed by atoms with E-state index < -0.39 is 10.4 Å². The summed E-state index contributed by atoms with van der Waals surface area (Å²) in [4.78, 5) is 10.5. The van der Waals surface area contributed by atoms with Gasteiger partial charge < -0.3 is 5.32 Å². The average Bonchev–Trinajstić information content (AvgIpc) is 2.60. The molecule has 0 saturated carbocycles. The third-order valence-electron chi connectivity index (χ3n) is 2.42. The maximum Gasteiger partial charge on any atom is 0.441 e. The van der Waals surface area contributed by atoms with Gasteiger partial charge in [-0.05, 0) is 18.2 Å². The lowest BCUT2D eigenvalue weighted by molar-refractivity contribution is -0.384. The molecule has 0 aliphatic carbocycles. The Morgan fingerprint density at radius 2 is 2.15 bits per heavy atom. The Hall–Kier alpha value is -1.45. The molecule has 6 nitrogen and oxygen atoms in total. The number of rotatable bonds is 7. The van der Waals surface area contributed by atoms with E-state index in [1.54, 1.807) is 0 Å². The Morgan fingerprint density at radius 1 is 1.50 bits per heavy atom. The molecule has 0 radical (unpaired) electrons. The molecule has 114 valence electrons. The predicted molar refractivity (Wildman–Crippen MR) is 70.9 cm³/mol. The summed E-state index contributed by atoms with van der Waals surface area (Å²) in [6, 6.07) is 0. The molecule has 0 unspecified atom stereocenters. The molecule has 0 aromatic carbocycles. The topological polar surface area (TPSA) is 73.0 Å². The number of aromatic nitrogens is 2. The van der Waals surface area contributed by atoms with Gasteiger partial charge in [0.1, 0.15) is 5.69 Å². The number of nitrogens with zero attached hydrogens (tertiary/aromatic N) is 3. The van der Waals surface area contributed by atoms with Crippen molar-refractivity contribution in [3.05, 3.63) is 15.8 Å². The highest BCUT2D eigenvalue weighted by Crippen LogP contribution is 2.31. The van der Waals surface area contributed by atoms with Gasteiger partial charge in [0.2, 0.25) is 5.82 Å². The van der Waals surface area contributed by atoms with Crippen molar-refractivity contribution >= 4 is 23.3 Å². The number of alkyl halides is 3. The van der Waals surface area contributed by atoms with Crippen molar-refractivity contribution in [2.75, 3.05) is 17.6 Å². The summed E-state index contributed by atoms with van der Waals surface area (Å²) in [7, 11) is 1.52. The molecule has 20 heavy (non-hydrogen) atoms. The summed E-state index contributed by atoms with van der Waals surface area (Å²) >= 11 is -0.172. The first-order chi connectivity index (χ1) is 9.26. The minimum atomic E-state index is -4.30. The second-order valence-corrected chi connectivity index (χ2v) is 5.16. The highest BCUT2D eigenvalue weighted by atomic mass is 32.2. The summed E-state index contributed by atoms with van der Waals surface area (Å²) < 4.78 is 37.2. The van der Waals surface area contributed by atoms with E-state index in [0.717, 1.165) is 0 Å². The number of nitro groups is 1. The number of nitrogens with one attached hydrogen (secondary N) is 1. The van der Waals surface area contributed by atoms with Gasteiger partial charge >= 0.3 is 11.2 Å². The fourth-order valence-corrected chi connectivity index (χ4v) is 2.14. The van der Waals surface area contributed by atoms with Gasteiger partial charge in [-0.2, -0.15) is 18.3 Å². The lowest BCUT2D eigenvalue weighted by atomic mass is 10.2. The molecular weight excluding hydrogens is 297 g/mol. The number of thioether (sulfide) groups is 1. The fourth-order valence-electron chi connectivity index (χ4n) is 1.70. The van der Waals surface area contributed by atoms with Crippen molar-refractivity contribution in [2.24, 2.45) is 7.05 Å². The van der Waals surface area contributed by atoms with E-state index in [1.165, 1.54) is 11.7 Å². The molecule has 0 spiro atoms. The van der Waals surface area contributed by atoms with Crippen LogP contribution in [0.4, 0.5) is 24.7 Å². The van der Waals surface area contributed by atoms with Gasteiger partial charge in [-0.1, -0.05) is 13.3 Å². The minimum Gasteiger partial charge on any atom is -0.364 e. The third kappa shape index (κ3) is 4.58. The molecule has 0 aliphatic rings. The summed E-state index contributed by atoms with van der Waals surface area (Å²) in [5.74, 6) is -0.0872. The van der Waals surface area contributed by atoms with Crippen LogP contribution in [0.15, 0.2) is 0 Å². The van der Waals surface area contributed by atoms with Gasteiger partial charge in [0.15, 0.2) is 0 Å². The predicted octanol–water partition coefficient (Wildman–Crippen LogP) is 2.95. The van der Waals surface area contributed by atoms with Crippen LogP contribution in [0.1, 0.15) is 19.0 Å². The van der Waals surface area contributed by atoms with Crippen molar-refractivity contribution in [2.45, 2.75) is 25.3 Å². The van der Waals surface area contributed by atoms with Gasteiger partial charge in [0.05, 0.1) is 4.92 Å². The molecule has 1 rings (SSSR count). The largest absolute Gasteiger partial charge is 0.441 e. The highest BCUT2D eigenvalue weighted by Gasteiger charge is 2.29. The summed E-state index contributed by atoms with van der Waals surface area (Å²) in [6.45, 7) is 1.83. The summed E-state index contributed by atoms with van der Waals surface area (Å²) in [6.07, 6.45) is 1.14. The first-order valence-corrected chi connectivity index (χ1v) is 6.89. The molecule has 1 aromatic heterocycles. The summed E-state index contributed by atoms with van der Waals surface area (Å²) in [5, 5.41) is 17.7. The first-order valence-electron chi connectivity index (χ1n) is 5.91. The average molecular weight is 312 g/mol. The normalized spacial score (nSPS) is 11.7. The molecular formula is C10H15F3N4O2S. The minimum absolute atomic E-state index is 0.0316. The van der Waals surface area contributed by atoms with E-state index in [4.69, 9.17) is 0 Å². The van der Waals surface area contributed by atoms with Crippen LogP contribution >= 0.6 is 11.8 Å². The smallest absolute Gasteiger partial charge is 0.364 e. The molecule has 0 fully saturated rings. The quantitative estimate of drug-likeness (QED) is 0.476. The van der Waals surface area contributed by atoms with Crippen LogP contribution in [0.25, 0.3) is 0 Å². The molecule has 0 saturated heterocycles. The molecule has 0 amide bonds. The Morgan fingerprint density at radius 3 is 2.65 bits per heavy atom. The number of aryl methyl sites for hydroxylation is 2. The Labute approximate surface area is 117 Å². The Balaban J connectivity index is 2.76. The van der Waals surface area contributed by atoms with Crippen LogP contribution in [0, 0.1) is 10.1 Å². The molecule has 1 heterocycles. The zero-order chi connectivity index (χ0) is 15.3. The molecule has 10 heteroatoms. The standard InChI is InChI=1S/C10H15F3N4O2S/c1-3-4-7-8(17(18)19)9(16(2)15-7)14-5-6-20-10(11,12)13/h14H,3-6H2,1-2H3. The lowest BCUT2D eigenvalue weighted by Crippen LogP contribution is -2.12. The Kier molecular flexibility index (Phi) is 5.66. The monoisotopic (exact) mass is 312 g/mol. The Bertz CT molecular complexity index is 476. The van der Waals surface area contributed by atoms with E-state index in [0.29, 0.717) is 18.5 Å². The highest BCUT2D eigenvalue weighted by molar-refractivity contribution is 8.00. The van der Waals surface area contributed by atoms with Crippen molar-refractivity contribution in [3.8, 4) is 0 Å². The second kappa shape index (κ2) is 6.82. The maximum atomic E-state index is 12.0. The zero-order valence-corrected chi connectivity index (χ0v) is 11.8. The van der Waals surface area contributed by atoms with Crippen LogP contribution in [-0.2, 0) is 13.5 Å². The van der Waals surface area contributed by atoms with Crippen LogP contribution < -0.4 is 5.32 Å². The summed E-state index contributed by atoms with van der Waals surface area (Å²) in [5.41, 5.74) is -4.12. The van der Waals surface area contributed by atoms with Crippen LogP contribution in [0.3, 0.4) is 0 Å². The van der Waals surface area contributed by atoms with Gasteiger partial charge in [-0.3, -0.25) is 10.1 Å². The van der Waals surface area contributed by atoms with E-state index in [9.17, 15) is 23.3 Å². The number of hydrogen-bond donors (Lipinski definition) is 1. The molecule has 0 atom stereocenters. The van der Waals surface area contributed by atoms with Gasteiger partial charge in [-0.25, -0.2) is 4.68 Å². The SMILES string of the molecule is CCCc1nn(C)c(NCCSC(F)(F)F)c1[N+](=O)[O-]. The number of hydrogen-bond acceptors (Lipinski definition) is 5. The number of halogens is 3. The second-order valence-electron chi connectivity index (χ2n) is 4.00. The van der Waals surface area contributed by atoms with E-state index in [-0.39, 0.29) is 35.6 Å². The molecule has 0 aliphatic heterocycles. The van der Waals surface area contributed by atoms with E-state index >= 15 is 0 Å². The van der Waals surface area contributed by atoms with E-state index in [2.05, 4.69) is 10.4 Å². The van der Waals surface area contributed by atoms with Gasteiger partial charge in [-0.15, -0.1) is 0 Å². The molecule has 1 aromatic rings. The number of anilines is 1. The van der Waals surface area contributed by atoms with Crippen LogP contribution in [-0.4, -0.2) is 32.5 Å². The molecule has 1 N–H and O–H groups in total. The first kappa shape index (κ1) is 16.6. The third-order valence-corrected chi connectivity index (χ3v) is 3.16.